The largest absolute Gasteiger partial charge is 0.398 e. The summed E-state index contributed by atoms with van der Waals surface area (Å²) >= 11 is 5.30. The second-order valence-electron chi connectivity index (χ2n) is 3.88. The van der Waals surface area contributed by atoms with Gasteiger partial charge in [0.1, 0.15) is 0 Å². The highest BCUT2D eigenvalue weighted by atomic mass is 32.1. The molecule has 0 saturated carbocycles. The minimum absolute atomic E-state index is 0.698. The Morgan fingerprint density at radius 3 is 2.44 bits per heavy atom. The molecule has 0 amide bonds. The van der Waals surface area contributed by atoms with Gasteiger partial charge < -0.3 is 11.5 Å². The summed E-state index contributed by atoms with van der Waals surface area (Å²) in [5, 5.41) is 0. The number of hydrogen-bond donors (Lipinski definition) is 2. The van der Waals surface area contributed by atoms with Crippen LogP contribution in [0.15, 0.2) is 35.9 Å². The fraction of sp³-hybridized carbons (Fsp3) is 0.154. The van der Waals surface area contributed by atoms with Gasteiger partial charge in [-0.3, -0.25) is 0 Å². The average molecular weight is 230 g/mol. The molecule has 0 heterocycles. The van der Waals surface area contributed by atoms with E-state index >= 15 is 0 Å². The van der Waals surface area contributed by atoms with E-state index in [4.69, 9.17) is 23.7 Å². The molecule has 0 bridgehead atoms. The minimum atomic E-state index is 0.698. The molecule has 0 aliphatic heterocycles. The van der Waals surface area contributed by atoms with Gasteiger partial charge in [0.15, 0.2) is 0 Å². The standard InChI is InChI=1S/C13H14N2S/c1-8-9(4-2-7-12(8)16)13-10(14)5-3-6-11(13)15/h2-6H,7,14-15H2,1H3. The van der Waals surface area contributed by atoms with Crippen molar-refractivity contribution in [2.24, 2.45) is 0 Å². The van der Waals surface area contributed by atoms with Crippen molar-refractivity contribution in [1.29, 1.82) is 0 Å². The Balaban J connectivity index is 2.65. The molecule has 1 aliphatic carbocycles. The highest BCUT2D eigenvalue weighted by Gasteiger charge is 2.14. The van der Waals surface area contributed by atoms with E-state index in [1.165, 1.54) is 0 Å². The predicted molar refractivity (Wildman–Crippen MR) is 74.2 cm³/mol. The lowest BCUT2D eigenvalue weighted by Gasteiger charge is -2.17. The molecule has 1 aromatic carbocycles. The van der Waals surface area contributed by atoms with E-state index in [1.54, 1.807) is 0 Å². The topological polar surface area (TPSA) is 52.0 Å². The van der Waals surface area contributed by atoms with E-state index in [1.807, 2.05) is 31.2 Å². The number of thiocarbonyl (C=S) groups is 1. The fourth-order valence-electron chi connectivity index (χ4n) is 1.88. The first-order valence-corrected chi connectivity index (χ1v) is 5.57. The van der Waals surface area contributed by atoms with E-state index in [9.17, 15) is 0 Å². The van der Waals surface area contributed by atoms with Gasteiger partial charge in [0.05, 0.1) is 0 Å². The molecule has 4 N–H and O–H groups in total. The molecular weight excluding hydrogens is 216 g/mol. The molecule has 0 fully saturated rings. The number of nitrogen functional groups attached to an aromatic ring is 2. The molecule has 16 heavy (non-hydrogen) atoms. The lowest BCUT2D eigenvalue weighted by Crippen LogP contribution is -2.06. The monoisotopic (exact) mass is 230 g/mol. The number of nitrogens with two attached hydrogens (primary N) is 2. The maximum absolute atomic E-state index is 5.97. The third-order valence-corrected chi connectivity index (χ3v) is 3.28. The molecule has 0 spiro atoms. The highest BCUT2D eigenvalue weighted by molar-refractivity contribution is 7.80. The smallest absolute Gasteiger partial charge is 0.0414 e. The van der Waals surface area contributed by atoms with Gasteiger partial charge in [-0.1, -0.05) is 30.4 Å². The summed E-state index contributed by atoms with van der Waals surface area (Å²) in [5.74, 6) is 0. The van der Waals surface area contributed by atoms with Crippen molar-refractivity contribution in [3.05, 3.63) is 41.5 Å². The summed E-state index contributed by atoms with van der Waals surface area (Å²) in [4.78, 5) is 0.958. The molecule has 0 atom stereocenters. The van der Waals surface area contributed by atoms with Crippen molar-refractivity contribution < 1.29 is 0 Å². The van der Waals surface area contributed by atoms with Crippen LogP contribution in [-0.2, 0) is 0 Å². The summed E-state index contributed by atoms with van der Waals surface area (Å²) < 4.78 is 0. The number of allylic oxidation sites excluding steroid dienone is 4. The first-order valence-electron chi connectivity index (χ1n) is 5.16. The maximum atomic E-state index is 5.97. The Morgan fingerprint density at radius 2 is 1.81 bits per heavy atom. The lowest BCUT2D eigenvalue weighted by atomic mass is 9.91. The molecule has 2 rings (SSSR count). The molecular formula is C13H14N2S. The van der Waals surface area contributed by atoms with Crippen LogP contribution in [0.5, 0.6) is 0 Å². The number of rotatable bonds is 1. The van der Waals surface area contributed by atoms with Crippen molar-refractivity contribution in [2.75, 3.05) is 11.5 Å². The molecule has 1 aliphatic rings. The van der Waals surface area contributed by atoms with Gasteiger partial charge in [0, 0.05) is 28.2 Å². The minimum Gasteiger partial charge on any atom is -0.398 e. The molecule has 0 unspecified atom stereocenters. The van der Waals surface area contributed by atoms with Gasteiger partial charge in [-0.05, 0) is 30.2 Å². The van der Waals surface area contributed by atoms with Gasteiger partial charge in [-0.2, -0.15) is 0 Å². The van der Waals surface area contributed by atoms with Gasteiger partial charge >= 0.3 is 0 Å². The van der Waals surface area contributed by atoms with E-state index in [0.717, 1.165) is 28.0 Å². The highest BCUT2D eigenvalue weighted by Crippen LogP contribution is 2.33. The van der Waals surface area contributed by atoms with Crippen LogP contribution in [0.3, 0.4) is 0 Å². The first kappa shape index (κ1) is 10.9. The van der Waals surface area contributed by atoms with Crippen LogP contribution in [0.2, 0.25) is 0 Å². The summed E-state index contributed by atoms with van der Waals surface area (Å²) in [6, 6.07) is 5.57. The van der Waals surface area contributed by atoms with E-state index in [0.29, 0.717) is 11.4 Å². The van der Waals surface area contributed by atoms with Crippen LogP contribution in [0.1, 0.15) is 18.9 Å². The predicted octanol–water partition coefficient (Wildman–Crippen LogP) is 2.95. The third-order valence-electron chi connectivity index (χ3n) is 2.81. The van der Waals surface area contributed by atoms with Crippen molar-refractivity contribution in [3.8, 4) is 0 Å². The van der Waals surface area contributed by atoms with E-state index in [2.05, 4.69) is 6.08 Å². The second kappa shape index (κ2) is 4.10. The summed E-state index contributed by atoms with van der Waals surface area (Å²) in [5.41, 5.74) is 16.4. The molecule has 3 heteroatoms. The third kappa shape index (κ3) is 1.74. The van der Waals surface area contributed by atoms with Gasteiger partial charge in [-0.25, -0.2) is 0 Å². The Kier molecular flexibility index (Phi) is 2.79. The zero-order valence-corrected chi connectivity index (χ0v) is 9.97. The van der Waals surface area contributed by atoms with Crippen LogP contribution in [0.25, 0.3) is 5.57 Å². The van der Waals surface area contributed by atoms with Crippen LogP contribution in [0, 0.1) is 0 Å². The fourth-order valence-corrected chi connectivity index (χ4v) is 2.09. The van der Waals surface area contributed by atoms with Crippen molar-refractivity contribution >= 4 is 34.0 Å². The van der Waals surface area contributed by atoms with E-state index < -0.39 is 0 Å². The zero-order chi connectivity index (χ0) is 11.7. The molecule has 1 aromatic rings. The normalized spacial score (nSPS) is 15.7. The number of hydrogen-bond acceptors (Lipinski definition) is 3. The van der Waals surface area contributed by atoms with E-state index in [-0.39, 0.29) is 0 Å². The number of benzene rings is 1. The second-order valence-corrected chi connectivity index (χ2v) is 4.37. The van der Waals surface area contributed by atoms with Gasteiger partial charge in [0.25, 0.3) is 0 Å². The summed E-state index contributed by atoms with van der Waals surface area (Å²) in [6.45, 7) is 2.02. The van der Waals surface area contributed by atoms with Crippen LogP contribution < -0.4 is 11.5 Å². The van der Waals surface area contributed by atoms with Gasteiger partial charge in [-0.15, -0.1) is 0 Å². The average Bonchev–Trinajstić information content (AvgIpc) is 2.24. The molecule has 82 valence electrons. The van der Waals surface area contributed by atoms with Crippen molar-refractivity contribution in [1.82, 2.24) is 0 Å². The number of anilines is 2. The molecule has 0 radical (unpaired) electrons. The summed E-state index contributed by atoms with van der Waals surface area (Å²) in [7, 11) is 0. The van der Waals surface area contributed by atoms with Crippen molar-refractivity contribution in [2.45, 2.75) is 13.3 Å². The van der Waals surface area contributed by atoms with Crippen LogP contribution >= 0.6 is 12.2 Å². The zero-order valence-electron chi connectivity index (χ0n) is 9.16. The Bertz CT molecular complexity index is 492. The van der Waals surface area contributed by atoms with Crippen molar-refractivity contribution in [3.63, 3.8) is 0 Å². The first-order chi connectivity index (χ1) is 7.61. The van der Waals surface area contributed by atoms with Gasteiger partial charge in [0.2, 0.25) is 0 Å². The Morgan fingerprint density at radius 1 is 1.19 bits per heavy atom. The SMILES string of the molecule is CC1=C(c2c(N)cccc2N)C=CCC1=S. The quantitative estimate of drug-likeness (QED) is 0.576. The Hall–Kier alpha value is -1.61. The molecule has 2 nitrogen and oxygen atoms in total. The summed E-state index contributed by atoms with van der Waals surface area (Å²) in [6.07, 6.45) is 4.93. The van der Waals surface area contributed by atoms with Crippen LogP contribution in [-0.4, -0.2) is 4.86 Å². The lowest BCUT2D eigenvalue weighted by molar-refractivity contribution is 1.41. The molecule has 0 saturated heterocycles. The van der Waals surface area contributed by atoms with Crippen LogP contribution in [0.4, 0.5) is 11.4 Å². The Labute approximate surface area is 101 Å². The molecule has 0 aromatic heterocycles. The maximum Gasteiger partial charge on any atom is 0.0414 e.